The molecule has 0 spiro atoms. The van der Waals surface area contributed by atoms with Gasteiger partial charge in [0.25, 0.3) is 5.91 Å². The molecule has 0 unspecified atom stereocenters. The van der Waals surface area contributed by atoms with Crippen molar-refractivity contribution in [2.45, 2.75) is 19.3 Å². The Bertz CT molecular complexity index is 704. The normalized spacial score (nSPS) is 15.3. The lowest BCUT2D eigenvalue weighted by Crippen LogP contribution is -2.36. The van der Waals surface area contributed by atoms with E-state index < -0.39 is 12.0 Å². The molecule has 2 aromatic rings. The first-order chi connectivity index (χ1) is 12.1. The minimum atomic E-state index is -0.659. The first-order valence-corrected chi connectivity index (χ1v) is 8.50. The van der Waals surface area contributed by atoms with Gasteiger partial charge in [-0.1, -0.05) is 12.1 Å². The number of aromatic amines is 1. The zero-order valence-electron chi connectivity index (χ0n) is 14.0. The minimum Gasteiger partial charge on any atom is -0.439 e. The largest absolute Gasteiger partial charge is 0.439 e. The predicted molar refractivity (Wildman–Crippen MR) is 94.2 cm³/mol. The fourth-order valence-corrected chi connectivity index (χ4v) is 3.09. The van der Waals surface area contributed by atoms with Crippen LogP contribution < -0.4 is 16.0 Å². The minimum absolute atomic E-state index is 0.387. The Hall–Kier alpha value is -2.77. The number of nitrogens with zero attached hydrogens (tertiary/aromatic N) is 2. The Morgan fingerprint density at radius 2 is 2.08 bits per heavy atom. The van der Waals surface area contributed by atoms with Gasteiger partial charge in [-0.2, -0.15) is 0 Å². The number of para-hydroxylation sites is 2. The van der Waals surface area contributed by atoms with E-state index >= 15 is 0 Å². The molecule has 8 heteroatoms. The standard InChI is InChI=1S/C17H23N5O3/c18-15(23)11-25-17(24)19-8-5-12-6-9-22(10-7-12)16-20-13-3-1-2-4-14(13)21-16/h1-4,12H,5-11H2,(H2,18,23)(H,19,24)(H,20,21). The number of alkyl carbamates (subject to hydrolysis) is 1. The fourth-order valence-electron chi connectivity index (χ4n) is 3.09. The molecule has 0 bridgehead atoms. The number of hydrogen-bond acceptors (Lipinski definition) is 5. The summed E-state index contributed by atoms with van der Waals surface area (Å²) in [5.74, 6) is 0.818. The van der Waals surface area contributed by atoms with Crippen molar-refractivity contribution in [1.29, 1.82) is 0 Å². The number of carbonyl (C=O) groups excluding carboxylic acids is 2. The highest BCUT2D eigenvalue weighted by atomic mass is 16.6. The van der Waals surface area contributed by atoms with Gasteiger partial charge in [-0.3, -0.25) is 4.79 Å². The van der Waals surface area contributed by atoms with E-state index in [0.29, 0.717) is 12.5 Å². The number of carbonyl (C=O) groups is 2. The van der Waals surface area contributed by atoms with E-state index in [1.807, 2.05) is 24.3 Å². The molecule has 1 aromatic heterocycles. The van der Waals surface area contributed by atoms with Gasteiger partial charge in [0.05, 0.1) is 11.0 Å². The number of nitrogens with two attached hydrogens (primary N) is 1. The van der Waals surface area contributed by atoms with Crippen LogP contribution in [0.25, 0.3) is 11.0 Å². The summed E-state index contributed by atoms with van der Waals surface area (Å²) in [5, 5.41) is 2.64. The summed E-state index contributed by atoms with van der Waals surface area (Å²) < 4.78 is 4.65. The van der Waals surface area contributed by atoms with Gasteiger partial charge in [-0.25, -0.2) is 9.78 Å². The van der Waals surface area contributed by atoms with Crippen molar-refractivity contribution in [3.63, 3.8) is 0 Å². The van der Waals surface area contributed by atoms with E-state index in [4.69, 9.17) is 5.73 Å². The number of hydrogen-bond donors (Lipinski definition) is 3. The molecular weight excluding hydrogens is 322 g/mol. The van der Waals surface area contributed by atoms with Gasteiger partial charge in [0.1, 0.15) is 0 Å². The monoisotopic (exact) mass is 345 g/mol. The lowest BCUT2D eigenvalue weighted by Gasteiger charge is -2.31. The topological polar surface area (TPSA) is 113 Å². The molecule has 8 nitrogen and oxygen atoms in total. The molecule has 1 fully saturated rings. The molecule has 1 saturated heterocycles. The zero-order chi connectivity index (χ0) is 17.6. The van der Waals surface area contributed by atoms with E-state index in [9.17, 15) is 9.59 Å². The molecule has 1 aliphatic rings. The van der Waals surface area contributed by atoms with Crippen molar-refractivity contribution in [1.82, 2.24) is 15.3 Å². The smallest absolute Gasteiger partial charge is 0.407 e. The molecule has 25 heavy (non-hydrogen) atoms. The molecule has 4 N–H and O–H groups in total. The van der Waals surface area contributed by atoms with Crippen molar-refractivity contribution in [2.24, 2.45) is 11.7 Å². The Balaban J connectivity index is 1.40. The van der Waals surface area contributed by atoms with Crippen LogP contribution in [0.15, 0.2) is 24.3 Å². The summed E-state index contributed by atoms with van der Waals surface area (Å²) >= 11 is 0. The molecule has 1 aromatic carbocycles. The third-order valence-electron chi connectivity index (χ3n) is 4.46. The van der Waals surface area contributed by atoms with Crippen LogP contribution >= 0.6 is 0 Å². The van der Waals surface area contributed by atoms with Gasteiger partial charge in [0, 0.05) is 19.6 Å². The molecule has 2 heterocycles. The molecule has 1 aliphatic heterocycles. The van der Waals surface area contributed by atoms with Gasteiger partial charge in [-0.05, 0) is 37.3 Å². The summed E-state index contributed by atoms with van der Waals surface area (Å²) in [6, 6.07) is 8.02. The summed E-state index contributed by atoms with van der Waals surface area (Å²) in [7, 11) is 0. The molecule has 0 saturated carbocycles. The predicted octanol–water partition coefficient (Wildman–Crippen LogP) is 1.38. The Morgan fingerprint density at radius 1 is 1.32 bits per heavy atom. The molecule has 0 radical (unpaired) electrons. The van der Waals surface area contributed by atoms with Gasteiger partial charge >= 0.3 is 6.09 Å². The molecule has 2 amide bonds. The average molecular weight is 345 g/mol. The van der Waals surface area contributed by atoms with Crippen LogP contribution in [0.1, 0.15) is 19.3 Å². The van der Waals surface area contributed by atoms with Gasteiger partial charge in [-0.15, -0.1) is 0 Å². The van der Waals surface area contributed by atoms with E-state index in [1.54, 1.807) is 0 Å². The summed E-state index contributed by atoms with van der Waals surface area (Å²) in [5.41, 5.74) is 6.95. The summed E-state index contributed by atoms with van der Waals surface area (Å²) in [4.78, 5) is 32.2. The highest BCUT2D eigenvalue weighted by Gasteiger charge is 2.21. The van der Waals surface area contributed by atoms with Crippen molar-refractivity contribution in [3.05, 3.63) is 24.3 Å². The molecule has 134 valence electrons. The quantitative estimate of drug-likeness (QED) is 0.732. The van der Waals surface area contributed by atoms with E-state index in [2.05, 4.69) is 24.9 Å². The number of amides is 2. The molecule has 0 aliphatic carbocycles. The van der Waals surface area contributed by atoms with Crippen LogP contribution in [0.2, 0.25) is 0 Å². The van der Waals surface area contributed by atoms with Crippen LogP contribution in [0.5, 0.6) is 0 Å². The number of ether oxygens (including phenoxy) is 1. The number of piperidine rings is 1. The second kappa shape index (κ2) is 7.87. The lowest BCUT2D eigenvalue weighted by molar-refractivity contribution is -0.120. The van der Waals surface area contributed by atoms with Crippen LogP contribution in [0, 0.1) is 5.92 Å². The third kappa shape index (κ3) is 4.62. The highest BCUT2D eigenvalue weighted by molar-refractivity contribution is 5.78. The number of H-pyrrole nitrogens is 1. The number of aromatic nitrogens is 2. The SMILES string of the molecule is NC(=O)COC(=O)NCCC1CCN(c2nc3ccccc3[nH]2)CC1. The number of imidazole rings is 1. The number of anilines is 1. The van der Waals surface area contributed by atoms with E-state index in [0.717, 1.165) is 49.3 Å². The Labute approximate surface area is 145 Å². The Kier molecular flexibility index (Phi) is 5.37. The number of rotatable bonds is 6. The first kappa shape index (κ1) is 17.1. The van der Waals surface area contributed by atoms with E-state index in [1.165, 1.54) is 0 Å². The lowest BCUT2D eigenvalue weighted by atomic mass is 9.94. The first-order valence-electron chi connectivity index (χ1n) is 8.50. The van der Waals surface area contributed by atoms with Crippen molar-refractivity contribution >= 4 is 29.0 Å². The van der Waals surface area contributed by atoms with Crippen LogP contribution in [0.4, 0.5) is 10.7 Å². The van der Waals surface area contributed by atoms with Crippen molar-refractivity contribution in [2.75, 3.05) is 31.1 Å². The van der Waals surface area contributed by atoms with Crippen molar-refractivity contribution in [3.8, 4) is 0 Å². The summed E-state index contributed by atoms with van der Waals surface area (Å²) in [6.07, 6.45) is 2.39. The second-order valence-electron chi connectivity index (χ2n) is 6.27. The maximum atomic E-state index is 11.3. The van der Waals surface area contributed by atoms with Crippen LogP contribution in [-0.2, 0) is 9.53 Å². The zero-order valence-corrected chi connectivity index (χ0v) is 14.0. The maximum Gasteiger partial charge on any atom is 0.407 e. The Morgan fingerprint density at radius 3 is 2.80 bits per heavy atom. The third-order valence-corrected chi connectivity index (χ3v) is 4.46. The average Bonchev–Trinajstić information content (AvgIpc) is 3.04. The molecular formula is C17H23N5O3. The van der Waals surface area contributed by atoms with Crippen LogP contribution in [0.3, 0.4) is 0 Å². The molecule has 0 atom stereocenters. The maximum absolute atomic E-state index is 11.3. The number of fused-ring (bicyclic) bond motifs is 1. The second-order valence-corrected chi connectivity index (χ2v) is 6.27. The van der Waals surface area contributed by atoms with Crippen LogP contribution in [-0.4, -0.2) is 48.2 Å². The molecule has 3 rings (SSSR count). The summed E-state index contributed by atoms with van der Waals surface area (Å²) in [6.45, 7) is 2.03. The number of nitrogens with one attached hydrogen (secondary N) is 2. The number of benzene rings is 1. The number of primary amides is 1. The van der Waals surface area contributed by atoms with E-state index in [-0.39, 0.29) is 6.61 Å². The highest BCUT2D eigenvalue weighted by Crippen LogP contribution is 2.24. The van der Waals surface area contributed by atoms with Crippen molar-refractivity contribution < 1.29 is 14.3 Å². The van der Waals surface area contributed by atoms with Gasteiger partial charge < -0.3 is 25.7 Å². The fraction of sp³-hybridized carbons (Fsp3) is 0.471. The van der Waals surface area contributed by atoms with Gasteiger partial charge in [0.15, 0.2) is 6.61 Å². The van der Waals surface area contributed by atoms with Gasteiger partial charge in [0.2, 0.25) is 5.95 Å².